The van der Waals surface area contributed by atoms with E-state index in [1.54, 1.807) is 17.0 Å². The summed E-state index contributed by atoms with van der Waals surface area (Å²) in [4.78, 5) is 24.0. The van der Waals surface area contributed by atoms with Crippen LogP contribution in [0.1, 0.15) is 39.8 Å². The van der Waals surface area contributed by atoms with Crippen LogP contribution in [-0.4, -0.2) is 42.3 Å². The summed E-state index contributed by atoms with van der Waals surface area (Å²) in [5.74, 6) is 1.09. The van der Waals surface area contributed by atoms with Crippen LogP contribution in [0.3, 0.4) is 0 Å². The van der Waals surface area contributed by atoms with Gasteiger partial charge in [-0.2, -0.15) is 0 Å². The molecule has 1 fully saturated rings. The van der Waals surface area contributed by atoms with Crippen LogP contribution in [0, 0.1) is 0 Å². The predicted molar refractivity (Wildman–Crippen MR) is 129 cm³/mol. The van der Waals surface area contributed by atoms with Crippen LogP contribution in [0.25, 0.3) is 11.0 Å². The van der Waals surface area contributed by atoms with Gasteiger partial charge in [0.05, 0.1) is 15.9 Å². The minimum Gasteiger partial charge on any atom is -0.342 e. The summed E-state index contributed by atoms with van der Waals surface area (Å²) in [5.41, 5.74) is 2.37. The highest BCUT2D eigenvalue weighted by molar-refractivity contribution is 7.89. The average Bonchev–Trinajstić information content (AvgIpc) is 3.52. The van der Waals surface area contributed by atoms with Crippen LogP contribution < -0.4 is 4.72 Å². The van der Waals surface area contributed by atoms with Gasteiger partial charge >= 0.3 is 0 Å². The molecular formula is C24H24N4O3S2. The summed E-state index contributed by atoms with van der Waals surface area (Å²) in [6, 6.07) is 18.0. The number of aromatic nitrogens is 2. The normalized spacial score (nSPS) is 15.2. The Hall–Kier alpha value is -3.01. The predicted octanol–water partition coefficient (Wildman–Crippen LogP) is 4.12. The number of thiophene rings is 1. The lowest BCUT2D eigenvalue weighted by molar-refractivity contribution is 0.0711. The number of hydrogen-bond donors (Lipinski definition) is 2. The molecule has 170 valence electrons. The van der Waals surface area contributed by atoms with Crippen LogP contribution in [-0.2, 0) is 16.6 Å². The highest BCUT2D eigenvalue weighted by Crippen LogP contribution is 2.28. The molecule has 0 radical (unpaired) electrons. The van der Waals surface area contributed by atoms with Crippen LogP contribution in [0.4, 0.5) is 0 Å². The molecule has 0 spiro atoms. The fourth-order valence-electron chi connectivity index (χ4n) is 4.16. The van der Waals surface area contributed by atoms with Crippen molar-refractivity contribution in [1.82, 2.24) is 19.6 Å². The lowest BCUT2D eigenvalue weighted by Crippen LogP contribution is -2.38. The maximum Gasteiger partial charge on any atom is 0.253 e. The van der Waals surface area contributed by atoms with Crippen LogP contribution in [0.15, 0.2) is 70.9 Å². The third-order valence-corrected chi connectivity index (χ3v) is 8.26. The quantitative estimate of drug-likeness (QED) is 0.434. The molecule has 9 heteroatoms. The number of para-hydroxylation sites is 2. The molecule has 1 amide bonds. The first-order valence-electron chi connectivity index (χ1n) is 10.9. The van der Waals surface area contributed by atoms with Gasteiger partial charge < -0.3 is 9.88 Å². The van der Waals surface area contributed by atoms with Crippen LogP contribution >= 0.6 is 11.3 Å². The lowest BCUT2D eigenvalue weighted by atomic mass is 9.95. The molecule has 0 bridgehead atoms. The van der Waals surface area contributed by atoms with Crippen molar-refractivity contribution in [1.29, 1.82) is 0 Å². The van der Waals surface area contributed by atoms with E-state index in [0.717, 1.165) is 34.6 Å². The molecule has 7 nitrogen and oxygen atoms in total. The number of hydrogen-bond acceptors (Lipinski definition) is 5. The van der Waals surface area contributed by atoms with E-state index in [2.05, 4.69) is 9.71 Å². The van der Waals surface area contributed by atoms with Crippen molar-refractivity contribution in [2.45, 2.75) is 30.2 Å². The van der Waals surface area contributed by atoms with Crippen molar-refractivity contribution < 1.29 is 13.2 Å². The molecule has 2 N–H and O–H groups in total. The summed E-state index contributed by atoms with van der Waals surface area (Å²) in [6.07, 6.45) is 1.62. The molecule has 5 rings (SSSR count). The van der Waals surface area contributed by atoms with Crippen molar-refractivity contribution in [2.75, 3.05) is 13.1 Å². The Morgan fingerprint density at radius 2 is 1.91 bits per heavy atom. The van der Waals surface area contributed by atoms with Crippen molar-refractivity contribution in [3.63, 3.8) is 0 Å². The van der Waals surface area contributed by atoms with Gasteiger partial charge in [0.15, 0.2) is 0 Å². The second-order valence-corrected chi connectivity index (χ2v) is 10.9. The van der Waals surface area contributed by atoms with Gasteiger partial charge in [0.1, 0.15) is 5.82 Å². The summed E-state index contributed by atoms with van der Waals surface area (Å²) in [6.45, 7) is 1.44. The van der Waals surface area contributed by atoms with E-state index < -0.39 is 10.0 Å². The Morgan fingerprint density at radius 3 is 2.67 bits per heavy atom. The van der Waals surface area contributed by atoms with Crippen LogP contribution in [0.5, 0.6) is 0 Å². The van der Waals surface area contributed by atoms with Gasteiger partial charge in [-0.15, -0.1) is 11.3 Å². The molecule has 0 saturated carbocycles. The van der Waals surface area contributed by atoms with Crippen LogP contribution in [0.2, 0.25) is 0 Å². The molecule has 0 unspecified atom stereocenters. The van der Waals surface area contributed by atoms with E-state index in [9.17, 15) is 13.2 Å². The molecule has 3 heterocycles. The summed E-state index contributed by atoms with van der Waals surface area (Å²) < 4.78 is 28.0. The highest BCUT2D eigenvalue weighted by Gasteiger charge is 2.27. The van der Waals surface area contributed by atoms with Crippen molar-refractivity contribution in [3.8, 4) is 0 Å². The van der Waals surface area contributed by atoms with Gasteiger partial charge in [0.2, 0.25) is 10.0 Å². The number of likely N-dealkylation sites (tertiary alicyclic amines) is 1. The number of rotatable bonds is 6. The Morgan fingerprint density at radius 1 is 1.09 bits per heavy atom. The first kappa shape index (κ1) is 21.8. The number of amides is 1. The first-order valence-corrected chi connectivity index (χ1v) is 13.2. The Labute approximate surface area is 196 Å². The Kier molecular flexibility index (Phi) is 6.01. The lowest BCUT2D eigenvalue weighted by Gasteiger charge is -2.31. The Balaban J connectivity index is 1.24. The smallest absolute Gasteiger partial charge is 0.253 e. The fraction of sp³-hybridized carbons (Fsp3) is 0.250. The van der Waals surface area contributed by atoms with Gasteiger partial charge in [-0.25, -0.2) is 18.1 Å². The molecule has 1 saturated heterocycles. The molecule has 1 aliphatic rings. The van der Waals surface area contributed by atoms with E-state index in [4.69, 9.17) is 4.98 Å². The minimum atomic E-state index is -3.71. The second kappa shape index (κ2) is 9.09. The van der Waals surface area contributed by atoms with E-state index in [1.165, 1.54) is 23.5 Å². The second-order valence-electron chi connectivity index (χ2n) is 8.14. The largest absolute Gasteiger partial charge is 0.342 e. The molecule has 2 aromatic heterocycles. The highest BCUT2D eigenvalue weighted by atomic mass is 32.2. The summed E-state index contributed by atoms with van der Waals surface area (Å²) >= 11 is 1.49. The van der Waals surface area contributed by atoms with E-state index in [-0.39, 0.29) is 23.3 Å². The monoisotopic (exact) mass is 480 g/mol. The number of benzene rings is 2. The fourth-order valence-corrected chi connectivity index (χ4v) is 5.95. The van der Waals surface area contributed by atoms with E-state index >= 15 is 0 Å². The number of piperidine rings is 1. The number of aromatic amines is 1. The maximum atomic E-state index is 13.1. The number of nitrogens with zero attached hydrogens (tertiary/aromatic N) is 2. The van der Waals surface area contributed by atoms with Gasteiger partial charge in [0, 0.05) is 36.0 Å². The number of imidazole rings is 1. The standard InChI is InChI=1S/C24H24N4O3S2/c29-24(18-5-3-7-20(15-18)33(30,31)25-16-19-6-4-14-32-19)28-12-10-17(11-13-28)23-26-21-8-1-2-9-22(21)27-23/h1-9,14-15,17,25H,10-13,16H2,(H,26,27). The van der Waals surface area contributed by atoms with Gasteiger partial charge in [0.25, 0.3) is 5.91 Å². The Bertz CT molecular complexity index is 1340. The summed E-state index contributed by atoms with van der Waals surface area (Å²) in [5, 5.41) is 1.90. The zero-order valence-electron chi connectivity index (χ0n) is 17.9. The third kappa shape index (κ3) is 4.71. The molecule has 0 aliphatic carbocycles. The zero-order chi connectivity index (χ0) is 22.8. The summed E-state index contributed by atoms with van der Waals surface area (Å²) in [7, 11) is -3.71. The number of nitrogens with one attached hydrogen (secondary N) is 2. The topological polar surface area (TPSA) is 95.2 Å². The number of sulfonamides is 1. The van der Waals surface area contributed by atoms with Gasteiger partial charge in [-0.3, -0.25) is 4.79 Å². The number of fused-ring (bicyclic) bond motifs is 1. The first-order chi connectivity index (χ1) is 16.0. The molecule has 0 atom stereocenters. The SMILES string of the molecule is O=C(c1cccc(S(=O)(=O)NCc2cccs2)c1)N1CCC(c2nc3ccccc3[nH]2)CC1. The van der Waals surface area contributed by atoms with Crippen molar-refractivity contribution >= 4 is 38.3 Å². The van der Waals surface area contributed by atoms with Gasteiger partial charge in [-0.05, 0) is 54.6 Å². The van der Waals surface area contributed by atoms with Crippen molar-refractivity contribution in [2.24, 2.45) is 0 Å². The number of carbonyl (C=O) groups is 1. The number of carbonyl (C=O) groups excluding carboxylic acids is 1. The minimum absolute atomic E-state index is 0.0991. The molecule has 1 aliphatic heterocycles. The zero-order valence-corrected chi connectivity index (χ0v) is 19.5. The maximum absolute atomic E-state index is 13.1. The van der Waals surface area contributed by atoms with E-state index in [1.807, 2.05) is 41.8 Å². The molecule has 33 heavy (non-hydrogen) atoms. The third-order valence-electron chi connectivity index (χ3n) is 5.98. The average molecular weight is 481 g/mol. The molecule has 4 aromatic rings. The molecule has 2 aromatic carbocycles. The van der Waals surface area contributed by atoms with E-state index in [0.29, 0.717) is 18.7 Å². The molecular weight excluding hydrogens is 456 g/mol. The van der Waals surface area contributed by atoms with Crippen molar-refractivity contribution in [3.05, 3.63) is 82.3 Å². The number of H-pyrrole nitrogens is 1. The van der Waals surface area contributed by atoms with Gasteiger partial charge in [-0.1, -0.05) is 24.3 Å².